The Bertz CT molecular complexity index is 684. The average molecular weight is 373 g/mol. The fourth-order valence-corrected chi connectivity index (χ4v) is 3.36. The van der Waals surface area contributed by atoms with Crippen molar-refractivity contribution < 1.29 is 4.79 Å². The first kappa shape index (κ1) is 16.2. The SMILES string of the molecule is CCC(NCC(=O)N1CCc2ccccc21)c1ccc(Br)cc1. The molecule has 1 heterocycles. The predicted octanol–water partition coefficient (Wildman–Crippen LogP) is 4.08. The third kappa shape index (κ3) is 3.65. The molecule has 1 unspecified atom stereocenters. The Labute approximate surface area is 145 Å². The molecule has 0 saturated heterocycles. The second kappa shape index (κ2) is 7.28. The number of rotatable bonds is 5. The first-order chi connectivity index (χ1) is 11.2. The normalized spacial score (nSPS) is 14.6. The van der Waals surface area contributed by atoms with Crippen LogP contribution in [0.5, 0.6) is 0 Å². The third-order valence-electron chi connectivity index (χ3n) is 4.37. The predicted molar refractivity (Wildman–Crippen MR) is 97.7 cm³/mol. The third-order valence-corrected chi connectivity index (χ3v) is 4.90. The van der Waals surface area contributed by atoms with E-state index in [1.54, 1.807) is 0 Å². The lowest BCUT2D eigenvalue weighted by Crippen LogP contribution is -2.38. The summed E-state index contributed by atoms with van der Waals surface area (Å²) in [6, 6.07) is 16.6. The van der Waals surface area contributed by atoms with Crippen molar-refractivity contribution in [1.29, 1.82) is 0 Å². The maximum Gasteiger partial charge on any atom is 0.240 e. The Balaban J connectivity index is 1.63. The van der Waals surface area contributed by atoms with Gasteiger partial charge in [-0.3, -0.25) is 4.79 Å². The van der Waals surface area contributed by atoms with Crippen LogP contribution in [0, 0.1) is 0 Å². The fourth-order valence-electron chi connectivity index (χ4n) is 3.10. The van der Waals surface area contributed by atoms with E-state index in [-0.39, 0.29) is 11.9 Å². The number of amides is 1. The number of carbonyl (C=O) groups is 1. The Morgan fingerprint density at radius 3 is 2.70 bits per heavy atom. The summed E-state index contributed by atoms with van der Waals surface area (Å²) in [7, 11) is 0. The number of fused-ring (bicyclic) bond motifs is 1. The van der Waals surface area contributed by atoms with Gasteiger partial charge in [0.25, 0.3) is 0 Å². The minimum atomic E-state index is 0.144. The molecule has 0 radical (unpaired) electrons. The number of benzene rings is 2. The van der Waals surface area contributed by atoms with Gasteiger partial charge < -0.3 is 10.2 Å². The minimum Gasteiger partial charge on any atom is -0.311 e. The van der Waals surface area contributed by atoms with Crippen LogP contribution in [0.4, 0.5) is 5.69 Å². The van der Waals surface area contributed by atoms with Gasteiger partial charge in [0.1, 0.15) is 0 Å². The molecule has 120 valence electrons. The average Bonchev–Trinajstić information content (AvgIpc) is 3.01. The number of hydrogen-bond donors (Lipinski definition) is 1. The van der Waals surface area contributed by atoms with E-state index in [1.165, 1.54) is 11.1 Å². The summed E-state index contributed by atoms with van der Waals surface area (Å²) in [4.78, 5) is 14.5. The quantitative estimate of drug-likeness (QED) is 0.857. The van der Waals surface area contributed by atoms with Crippen molar-refractivity contribution in [2.24, 2.45) is 0 Å². The van der Waals surface area contributed by atoms with Crippen molar-refractivity contribution in [3.05, 3.63) is 64.1 Å². The van der Waals surface area contributed by atoms with E-state index in [0.717, 1.165) is 29.5 Å². The molecule has 4 heteroatoms. The first-order valence-electron chi connectivity index (χ1n) is 8.06. The lowest BCUT2D eigenvalue weighted by Gasteiger charge is -2.21. The lowest BCUT2D eigenvalue weighted by molar-refractivity contribution is -0.117. The molecule has 0 saturated carbocycles. The van der Waals surface area contributed by atoms with Gasteiger partial charge in [-0.2, -0.15) is 0 Å². The Hall–Kier alpha value is -1.65. The molecule has 0 bridgehead atoms. The van der Waals surface area contributed by atoms with Gasteiger partial charge in [-0.1, -0.05) is 53.2 Å². The molecule has 1 aliphatic heterocycles. The molecule has 3 nitrogen and oxygen atoms in total. The zero-order valence-corrected chi connectivity index (χ0v) is 14.8. The van der Waals surface area contributed by atoms with Crippen LogP contribution in [0.3, 0.4) is 0 Å². The van der Waals surface area contributed by atoms with Crippen LogP contribution in [-0.4, -0.2) is 19.0 Å². The fraction of sp³-hybridized carbons (Fsp3) is 0.316. The molecular formula is C19H21BrN2O. The second-order valence-corrected chi connectivity index (χ2v) is 6.73. The van der Waals surface area contributed by atoms with Gasteiger partial charge in [0.2, 0.25) is 5.91 Å². The molecule has 1 N–H and O–H groups in total. The van der Waals surface area contributed by atoms with Crippen molar-refractivity contribution in [3.63, 3.8) is 0 Å². The van der Waals surface area contributed by atoms with E-state index in [1.807, 2.05) is 35.2 Å². The van der Waals surface area contributed by atoms with E-state index in [4.69, 9.17) is 0 Å². The zero-order valence-electron chi connectivity index (χ0n) is 13.3. The molecule has 0 aliphatic carbocycles. The number of halogens is 1. The Morgan fingerprint density at radius 2 is 1.96 bits per heavy atom. The van der Waals surface area contributed by atoms with E-state index in [9.17, 15) is 4.79 Å². The largest absolute Gasteiger partial charge is 0.311 e. The van der Waals surface area contributed by atoms with Crippen LogP contribution >= 0.6 is 15.9 Å². The van der Waals surface area contributed by atoms with Gasteiger partial charge in [-0.15, -0.1) is 0 Å². The van der Waals surface area contributed by atoms with Crippen LogP contribution < -0.4 is 10.2 Å². The van der Waals surface area contributed by atoms with Crippen molar-refractivity contribution in [1.82, 2.24) is 5.32 Å². The lowest BCUT2D eigenvalue weighted by atomic mass is 10.0. The van der Waals surface area contributed by atoms with Gasteiger partial charge in [0.05, 0.1) is 6.54 Å². The zero-order chi connectivity index (χ0) is 16.2. The monoisotopic (exact) mass is 372 g/mol. The summed E-state index contributed by atoms with van der Waals surface area (Å²) >= 11 is 3.46. The standard InChI is InChI=1S/C19H21BrN2O/c1-2-17(14-7-9-16(20)10-8-14)21-13-19(23)22-12-11-15-5-3-4-6-18(15)22/h3-10,17,21H,2,11-13H2,1H3. The van der Waals surface area contributed by atoms with Crippen molar-refractivity contribution in [2.45, 2.75) is 25.8 Å². The molecule has 1 atom stereocenters. The number of nitrogens with zero attached hydrogens (tertiary/aromatic N) is 1. The molecule has 0 spiro atoms. The van der Waals surface area contributed by atoms with Gasteiger partial charge in [-0.25, -0.2) is 0 Å². The molecular weight excluding hydrogens is 352 g/mol. The number of carbonyl (C=O) groups excluding carboxylic acids is 1. The molecule has 2 aromatic rings. The summed E-state index contributed by atoms with van der Waals surface area (Å²) in [6.45, 7) is 3.28. The van der Waals surface area contributed by atoms with Crippen molar-refractivity contribution >= 4 is 27.5 Å². The summed E-state index contributed by atoms with van der Waals surface area (Å²) < 4.78 is 1.07. The maximum atomic E-state index is 12.6. The Kier molecular flexibility index (Phi) is 5.13. The summed E-state index contributed by atoms with van der Waals surface area (Å²) in [5, 5.41) is 3.41. The molecule has 1 amide bonds. The highest BCUT2D eigenvalue weighted by Gasteiger charge is 2.24. The highest BCUT2D eigenvalue weighted by atomic mass is 79.9. The summed E-state index contributed by atoms with van der Waals surface area (Å²) in [5.41, 5.74) is 3.54. The van der Waals surface area contributed by atoms with Crippen LogP contribution in [0.25, 0.3) is 0 Å². The van der Waals surface area contributed by atoms with Gasteiger partial charge in [-0.05, 0) is 42.2 Å². The summed E-state index contributed by atoms with van der Waals surface area (Å²) in [5.74, 6) is 0.144. The highest BCUT2D eigenvalue weighted by molar-refractivity contribution is 9.10. The van der Waals surface area contributed by atoms with E-state index < -0.39 is 0 Å². The van der Waals surface area contributed by atoms with E-state index in [0.29, 0.717) is 6.54 Å². The topological polar surface area (TPSA) is 32.3 Å². The highest BCUT2D eigenvalue weighted by Crippen LogP contribution is 2.27. The smallest absolute Gasteiger partial charge is 0.240 e. The number of para-hydroxylation sites is 1. The summed E-state index contributed by atoms with van der Waals surface area (Å²) in [6.07, 6.45) is 1.90. The van der Waals surface area contributed by atoms with Gasteiger partial charge >= 0.3 is 0 Å². The minimum absolute atomic E-state index is 0.144. The molecule has 3 rings (SSSR count). The number of hydrogen-bond acceptors (Lipinski definition) is 2. The molecule has 0 aromatic heterocycles. The molecule has 23 heavy (non-hydrogen) atoms. The van der Waals surface area contributed by atoms with Crippen LogP contribution in [-0.2, 0) is 11.2 Å². The maximum absolute atomic E-state index is 12.6. The van der Waals surface area contributed by atoms with Gasteiger partial charge in [0.15, 0.2) is 0 Å². The number of anilines is 1. The molecule has 1 aliphatic rings. The Morgan fingerprint density at radius 1 is 1.22 bits per heavy atom. The van der Waals surface area contributed by atoms with E-state index >= 15 is 0 Å². The number of nitrogens with one attached hydrogen (secondary N) is 1. The van der Waals surface area contributed by atoms with Crippen LogP contribution in [0.1, 0.15) is 30.5 Å². The van der Waals surface area contributed by atoms with Gasteiger partial charge in [0, 0.05) is 22.7 Å². The molecule has 2 aromatic carbocycles. The second-order valence-electron chi connectivity index (χ2n) is 5.82. The van der Waals surface area contributed by atoms with Crippen molar-refractivity contribution in [3.8, 4) is 0 Å². The van der Waals surface area contributed by atoms with Crippen molar-refractivity contribution in [2.75, 3.05) is 18.0 Å². The molecule has 0 fully saturated rings. The first-order valence-corrected chi connectivity index (χ1v) is 8.85. The van der Waals surface area contributed by atoms with Crippen LogP contribution in [0.2, 0.25) is 0 Å². The van der Waals surface area contributed by atoms with E-state index in [2.05, 4.69) is 46.4 Å². The van der Waals surface area contributed by atoms with Crippen LogP contribution in [0.15, 0.2) is 53.0 Å².